The molecule has 126 valence electrons. The van der Waals surface area contributed by atoms with Crippen LogP contribution >= 0.6 is 0 Å². The van der Waals surface area contributed by atoms with Crippen LogP contribution in [0.15, 0.2) is 46.0 Å². The second-order valence-electron chi connectivity index (χ2n) is 6.75. The first-order valence-electron chi connectivity index (χ1n) is 8.16. The third kappa shape index (κ3) is 2.43. The molecule has 0 bridgehead atoms. The van der Waals surface area contributed by atoms with Crippen LogP contribution in [0.5, 0.6) is 0 Å². The summed E-state index contributed by atoms with van der Waals surface area (Å²) in [6.07, 6.45) is 3.86. The number of benzene rings is 1. The molecule has 0 unspecified atom stereocenters. The van der Waals surface area contributed by atoms with E-state index >= 15 is 0 Å². The Morgan fingerprint density at radius 2 is 2.00 bits per heavy atom. The summed E-state index contributed by atoms with van der Waals surface area (Å²) in [5.41, 5.74) is 0.724. The standard InChI is InChI=1S/C17H20N4O2S/c1-12(2)16-18-7-8-20(16)9-13-10-21(11-13)17-14-5-3-4-6-15(14)24(22,23)19-17/h3-8,12-13H,9-11H2,1-2H3. The van der Waals surface area contributed by atoms with Gasteiger partial charge in [0.25, 0.3) is 10.0 Å². The maximum Gasteiger partial charge on any atom is 0.285 e. The number of likely N-dealkylation sites (tertiary alicyclic amines) is 1. The summed E-state index contributed by atoms with van der Waals surface area (Å²) in [6, 6.07) is 7.05. The monoisotopic (exact) mass is 344 g/mol. The molecule has 2 aliphatic rings. The van der Waals surface area contributed by atoms with Crippen LogP contribution in [0.4, 0.5) is 0 Å². The number of hydrogen-bond acceptors (Lipinski definition) is 4. The Balaban J connectivity index is 1.48. The van der Waals surface area contributed by atoms with E-state index in [0.29, 0.717) is 22.6 Å². The van der Waals surface area contributed by atoms with Gasteiger partial charge in [-0.25, -0.2) is 4.98 Å². The minimum absolute atomic E-state index is 0.320. The fraction of sp³-hybridized carbons (Fsp3) is 0.412. The smallest absolute Gasteiger partial charge is 0.285 e. The lowest BCUT2D eigenvalue weighted by Gasteiger charge is -2.41. The van der Waals surface area contributed by atoms with E-state index in [-0.39, 0.29) is 0 Å². The highest BCUT2D eigenvalue weighted by Crippen LogP contribution is 2.31. The average molecular weight is 344 g/mol. The molecule has 3 heterocycles. The molecule has 2 aliphatic heterocycles. The van der Waals surface area contributed by atoms with Gasteiger partial charge in [0.05, 0.1) is 0 Å². The minimum Gasteiger partial charge on any atom is -0.355 e. The maximum absolute atomic E-state index is 12.1. The molecule has 6 nitrogen and oxygen atoms in total. The Hall–Kier alpha value is -2.15. The molecular formula is C17H20N4O2S. The highest BCUT2D eigenvalue weighted by molar-refractivity contribution is 7.90. The molecule has 0 saturated carbocycles. The Bertz CT molecular complexity index is 908. The Kier molecular flexibility index (Phi) is 3.49. The van der Waals surface area contributed by atoms with E-state index in [1.165, 1.54) is 0 Å². The number of amidine groups is 1. The van der Waals surface area contributed by atoms with Crippen molar-refractivity contribution in [3.8, 4) is 0 Å². The zero-order chi connectivity index (χ0) is 16.9. The van der Waals surface area contributed by atoms with Gasteiger partial charge in [-0.1, -0.05) is 26.0 Å². The summed E-state index contributed by atoms with van der Waals surface area (Å²) in [5, 5.41) is 0. The molecule has 1 aromatic carbocycles. The van der Waals surface area contributed by atoms with Crippen molar-refractivity contribution in [1.82, 2.24) is 14.5 Å². The van der Waals surface area contributed by atoms with Crippen LogP contribution in [0.25, 0.3) is 0 Å². The molecule has 1 saturated heterocycles. The molecule has 0 N–H and O–H groups in total. The summed E-state index contributed by atoms with van der Waals surface area (Å²) in [4.78, 5) is 6.79. The van der Waals surface area contributed by atoms with E-state index in [1.807, 2.05) is 24.5 Å². The molecule has 0 radical (unpaired) electrons. The van der Waals surface area contributed by atoms with Crippen molar-refractivity contribution in [2.75, 3.05) is 13.1 Å². The fourth-order valence-corrected chi connectivity index (χ4v) is 4.66. The van der Waals surface area contributed by atoms with E-state index in [4.69, 9.17) is 0 Å². The van der Waals surface area contributed by atoms with Crippen LogP contribution in [-0.2, 0) is 16.6 Å². The van der Waals surface area contributed by atoms with Gasteiger partial charge in [0.15, 0.2) is 5.84 Å². The third-order valence-electron chi connectivity index (χ3n) is 4.59. The molecule has 24 heavy (non-hydrogen) atoms. The van der Waals surface area contributed by atoms with Crippen molar-refractivity contribution in [2.24, 2.45) is 10.3 Å². The number of nitrogens with zero attached hydrogens (tertiary/aromatic N) is 4. The van der Waals surface area contributed by atoms with Gasteiger partial charge in [-0.3, -0.25) is 0 Å². The zero-order valence-electron chi connectivity index (χ0n) is 13.8. The molecule has 0 aliphatic carbocycles. The summed E-state index contributed by atoms with van der Waals surface area (Å²) in [5.74, 6) is 2.57. The average Bonchev–Trinajstić information content (AvgIpc) is 3.06. The molecule has 7 heteroatoms. The number of sulfonamides is 1. The topological polar surface area (TPSA) is 67.6 Å². The molecule has 0 atom stereocenters. The highest BCUT2D eigenvalue weighted by Gasteiger charge is 2.37. The molecule has 4 rings (SSSR count). The van der Waals surface area contributed by atoms with Crippen LogP contribution < -0.4 is 0 Å². The van der Waals surface area contributed by atoms with Gasteiger partial charge < -0.3 is 9.47 Å². The van der Waals surface area contributed by atoms with Crippen LogP contribution in [-0.4, -0.2) is 41.8 Å². The Labute approximate surface area is 141 Å². The van der Waals surface area contributed by atoms with Gasteiger partial charge in [-0.2, -0.15) is 8.42 Å². The summed E-state index contributed by atoms with van der Waals surface area (Å²) >= 11 is 0. The van der Waals surface area contributed by atoms with Gasteiger partial charge >= 0.3 is 0 Å². The van der Waals surface area contributed by atoms with Crippen LogP contribution in [0, 0.1) is 5.92 Å². The summed E-state index contributed by atoms with van der Waals surface area (Å²) in [6.45, 7) is 6.82. The van der Waals surface area contributed by atoms with E-state index in [0.717, 1.165) is 31.0 Å². The zero-order valence-corrected chi connectivity index (χ0v) is 14.6. The predicted octanol–water partition coefficient (Wildman–Crippen LogP) is 2.09. The van der Waals surface area contributed by atoms with E-state index in [2.05, 4.69) is 32.7 Å². The van der Waals surface area contributed by atoms with Gasteiger partial charge in [-0.15, -0.1) is 4.40 Å². The first kappa shape index (κ1) is 15.4. The maximum atomic E-state index is 12.1. The summed E-state index contributed by atoms with van der Waals surface area (Å²) in [7, 11) is -3.53. The number of rotatable bonds is 3. The third-order valence-corrected chi connectivity index (χ3v) is 5.91. The van der Waals surface area contributed by atoms with E-state index in [1.54, 1.807) is 12.1 Å². The fourth-order valence-electron chi connectivity index (χ4n) is 3.43. The molecule has 1 aromatic heterocycles. The number of imidazole rings is 1. The van der Waals surface area contributed by atoms with Gasteiger partial charge in [0.2, 0.25) is 0 Å². The quantitative estimate of drug-likeness (QED) is 0.855. The second kappa shape index (κ2) is 5.44. The van der Waals surface area contributed by atoms with E-state index in [9.17, 15) is 8.42 Å². The van der Waals surface area contributed by atoms with Crippen molar-refractivity contribution in [2.45, 2.75) is 31.2 Å². The largest absolute Gasteiger partial charge is 0.355 e. The van der Waals surface area contributed by atoms with Gasteiger partial charge in [0.1, 0.15) is 10.7 Å². The van der Waals surface area contributed by atoms with Crippen molar-refractivity contribution in [1.29, 1.82) is 0 Å². The van der Waals surface area contributed by atoms with Crippen molar-refractivity contribution < 1.29 is 8.42 Å². The molecule has 0 amide bonds. The lowest BCUT2D eigenvalue weighted by molar-refractivity contribution is 0.167. The SMILES string of the molecule is CC(C)c1nccn1CC1CN(C2=NS(=O)(=O)c3ccccc32)C1. The predicted molar refractivity (Wildman–Crippen MR) is 91.5 cm³/mol. The molecule has 2 aromatic rings. The highest BCUT2D eigenvalue weighted by atomic mass is 32.2. The first-order chi connectivity index (χ1) is 11.5. The molecular weight excluding hydrogens is 324 g/mol. The van der Waals surface area contributed by atoms with Crippen molar-refractivity contribution >= 4 is 15.9 Å². The Morgan fingerprint density at radius 1 is 1.25 bits per heavy atom. The Morgan fingerprint density at radius 3 is 2.75 bits per heavy atom. The number of aromatic nitrogens is 2. The molecule has 1 fully saturated rings. The van der Waals surface area contributed by atoms with Gasteiger partial charge in [-0.05, 0) is 12.1 Å². The van der Waals surface area contributed by atoms with Crippen molar-refractivity contribution in [3.05, 3.63) is 48.0 Å². The van der Waals surface area contributed by atoms with Gasteiger partial charge in [0, 0.05) is 49.4 Å². The number of hydrogen-bond donors (Lipinski definition) is 0. The van der Waals surface area contributed by atoms with Crippen molar-refractivity contribution in [3.63, 3.8) is 0 Å². The second-order valence-corrected chi connectivity index (χ2v) is 8.32. The van der Waals surface area contributed by atoms with Crippen LogP contribution in [0.2, 0.25) is 0 Å². The lowest BCUT2D eigenvalue weighted by atomic mass is 9.98. The normalized spacial score (nSPS) is 19.3. The number of fused-ring (bicyclic) bond motifs is 1. The lowest BCUT2D eigenvalue weighted by Crippen LogP contribution is -2.51. The molecule has 0 spiro atoms. The minimum atomic E-state index is -3.53. The summed E-state index contributed by atoms with van der Waals surface area (Å²) < 4.78 is 30.5. The van der Waals surface area contributed by atoms with E-state index < -0.39 is 10.0 Å². The first-order valence-corrected chi connectivity index (χ1v) is 9.60. The van der Waals surface area contributed by atoms with Crippen LogP contribution in [0.1, 0.15) is 31.2 Å². The van der Waals surface area contributed by atoms with Crippen LogP contribution in [0.3, 0.4) is 0 Å².